The Kier molecular flexibility index (Phi) is 2.25. The van der Waals surface area contributed by atoms with E-state index in [1.807, 2.05) is 0 Å². The summed E-state index contributed by atoms with van der Waals surface area (Å²) in [6, 6.07) is -0.297. The van der Waals surface area contributed by atoms with Crippen LogP contribution in [0.25, 0.3) is 0 Å². The Bertz CT molecular complexity index is 197. The highest BCUT2D eigenvalue weighted by atomic mass is 19.3. The highest BCUT2D eigenvalue weighted by molar-refractivity contribution is 4.95. The van der Waals surface area contributed by atoms with Crippen molar-refractivity contribution in [1.82, 2.24) is 4.90 Å². The normalized spacial score (nSPS) is 34.8. The molecule has 0 spiro atoms. The SMILES string of the molecule is OC[C@@H]1CC(F)(F)CN1C1COC1. The Hall–Kier alpha value is -0.260. The van der Waals surface area contributed by atoms with Crippen LogP contribution in [0.2, 0.25) is 0 Å². The maximum absolute atomic E-state index is 13.0. The van der Waals surface area contributed by atoms with E-state index < -0.39 is 5.92 Å². The summed E-state index contributed by atoms with van der Waals surface area (Å²) in [6.07, 6.45) is -0.222. The van der Waals surface area contributed by atoms with Gasteiger partial charge in [-0.15, -0.1) is 0 Å². The van der Waals surface area contributed by atoms with Gasteiger partial charge in [-0.3, -0.25) is 4.90 Å². The third-order valence-electron chi connectivity index (χ3n) is 2.72. The zero-order valence-electron chi connectivity index (χ0n) is 7.25. The van der Waals surface area contributed by atoms with E-state index in [1.54, 1.807) is 4.90 Å². The maximum atomic E-state index is 13.0. The van der Waals surface area contributed by atoms with Gasteiger partial charge in [-0.2, -0.15) is 0 Å². The minimum Gasteiger partial charge on any atom is -0.395 e. The van der Waals surface area contributed by atoms with Gasteiger partial charge in [0.2, 0.25) is 0 Å². The van der Waals surface area contributed by atoms with Crippen LogP contribution >= 0.6 is 0 Å². The fourth-order valence-electron chi connectivity index (χ4n) is 1.93. The zero-order valence-corrected chi connectivity index (χ0v) is 7.25. The second kappa shape index (κ2) is 3.15. The molecule has 2 aliphatic rings. The Labute approximate surface area is 75.3 Å². The summed E-state index contributed by atoms with van der Waals surface area (Å²) < 4.78 is 30.9. The number of alkyl halides is 2. The van der Waals surface area contributed by atoms with E-state index in [9.17, 15) is 8.78 Å². The smallest absolute Gasteiger partial charge is 0.262 e. The third kappa shape index (κ3) is 1.68. The molecule has 2 aliphatic heterocycles. The average molecular weight is 193 g/mol. The number of ether oxygens (including phenoxy) is 1. The topological polar surface area (TPSA) is 32.7 Å². The van der Waals surface area contributed by atoms with Gasteiger partial charge in [-0.25, -0.2) is 8.78 Å². The van der Waals surface area contributed by atoms with Crippen LogP contribution in [0.15, 0.2) is 0 Å². The lowest BCUT2D eigenvalue weighted by molar-refractivity contribution is -0.0823. The Balaban J connectivity index is 2.00. The lowest BCUT2D eigenvalue weighted by Gasteiger charge is -2.37. The number of aliphatic hydroxyl groups is 1. The van der Waals surface area contributed by atoms with Crippen molar-refractivity contribution < 1.29 is 18.6 Å². The predicted octanol–water partition coefficient (Wildman–Crippen LogP) is 0.0871. The van der Waals surface area contributed by atoms with Crippen molar-refractivity contribution in [2.45, 2.75) is 24.4 Å². The van der Waals surface area contributed by atoms with E-state index >= 15 is 0 Å². The molecular formula is C8H13F2NO2. The van der Waals surface area contributed by atoms with Crippen LogP contribution < -0.4 is 0 Å². The van der Waals surface area contributed by atoms with Crippen molar-refractivity contribution in [2.24, 2.45) is 0 Å². The van der Waals surface area contributed by atoms with E-state index in [4.69, 9.17) is 9.84 Å². The van der Waals surface area contributed by atoms with Gasteiger partial charge in [0.05, 0.1) is 32.4 Å². The summed E-state index contributed by atoms with van der Waals surface area (Å²) >= 11 is 0. The van der Waals surface area contributed by atoms with Crippen LogP contribution in [-0.2, 0) is 4.74 Å². The standard InChI is InChI=1S/C8H13F2NO2/c9-8(10)1-6(2-12)11(5-8)7-3-13-4-7/h6-7,12H,1-5H2/t6-/m0/s1. The second-order valence-corrected chi connectivity index (χ2v) is 3.76. The van der Waals surface area contributed by atoms with Crippen LogP contribution in [-0.4, -0.2) is 54.4 Å². The molecule has 0 aromatic rings. The largest absolute Gasteiger partial charge is 0.395 e. The summed E-state index contributed by atoms with van der Waals surface area (Å²) in [7, 11) is 0. The molecule has 1 atom stereocenters. The van der Waals surface area contributed by atoms with Gasteiger partial charge in [-0.1, -0.05) is 0 Å². The highest BCUT2D eigenvalue weighted by Crippen LogP contribution is 2.34. The molecule has 0 aromatic carbocycles. The number of halogens is 2. The van der Waals surface area contributed by atoms with Crippen molar-refractivity contribution in [1.29, 1.82) is 0 Å². The minimum atomic E-state index is -2.64. The van der Waals surface area contributed by atoms with Gasteiger partial charge < -0.3 is 9.84 Å². The molecule has 0 amide bonds. The molecule has 0 radical (unpaired) electrons. The molecule has 2 fully saturated rings. The zero-order chi connectivity index (χ0) is 9.47. The van der Waals surface area contributed by atoms with Crippen molar-refractivity contribution in [2.75, 3.05) is 26.4 Å². The molecule has 1 N–H and O–H groups in total. The Morgan fingerprint density at radius 3 is 2.62 bits per heavy atom. The van der Waals surface area contributed by atoms with Gasteiger partial charge in [-0.05, 0) is 0 Å². The van der Waals surface area contributed by atoms with E-state index in [1.165, 1.54) is 0 Å². The van der Waals surface area contributed by atoms with Gasteiger partial charge in [0, 0.05) is 12.5 Å². The monoisotopic (exact) mass is 193 g/mol. The molecule has 2 saturated heterocycles. The van der Waals surface area contributed by atoms with Gasteiger partial charge in [0.1, 0.15) is 0 Å². The summed E-state index contributed by atoms with van der Waals surface area (Å²) in [6.45, 7) is 0.623. The number of hydrogen-bond acceptors (Lipinski definition) is 3. The summed E-state index contributed by atoms with van der Waals surface area (Å²) in [5, 5.41) is 8.92. The third-order valence-corrected chi connectivity index (χ3v) is 2.72. The van der Waals surface area contributed by atoms with Crippen LogP contribution in [0, 0.1) is 0 Å². The predicted molar refractivity (Wildman–Crippen MR) is 41.8 cm³/mol. The van der Waals surface area contributed by atoms with Crippen molar-refractivity contribution in [3.8, 4) is 0 Å². The summed E-state index contributed by atoms with van der Waals surface area (Å²) in [4.78, 5) is 1.67. The first-order chi connectivity index (χ1) is 6.12. The molecule has 5 heteroatoms. The average Bonchev–Trinajstić information content (AvgIpc) is 2.22. The summed E-state index contributed by atoms with van der Waals surface area (Å²) in [5.41, 5.74) is 0. The maximum Gasteiger partial charge on any atom is 0.262 e. The highest BCUT2D eigenvalue weighted by Gasteiger charge is 2.48. The Morgan fingerprint density at radius 2 is 2.15 bits per heavy atom. The van der Waals surface area contributed by atoms with E-state index in [2.05, 4.69) is 0 Å². The van der Waals surface area contributed by atoms with Crippen molar-refractivity contribution in [3.05, 3.63) is 0 Å². The van der Waals surface area contributed by atoms with Crippen LogP contribution in [0.3, 0.4) is 0 Å². The first-order valence-electron chi connectivity index (χ1n) is 4.44. The number of nitrogens with zero attached hydrogens (tertiary/aromatic N) is 1. The Morgan fingerprint density at radius 1 is 1.46 bits per heavy atom. The molecular weight excluding hydrogens is 180 g/mol. The van der Waals surface area contributed by atoms with E-state index in [-0.39, 0.29) is 31.7 Å². The van der Waals surface area contributed by atoms with Crippen LogP contribution in [0.5, 0.6) is 0 Å². The van der Waals surface area contributed by atoms with Crippen molar-refractivity contribution in [3.63, 3.8) is 0 Å². The number of aliphatic hydroxyl groups excluding tert-OH is 1. The lowest BCUT2D eigenvalue weighted by Crippen LogP contribution is -2.52. The molecule has 2 heterocycles. The molecule has 0 bridgehead atoms. The van der Waals surface area contributed by atoms with E-state index in [0.717, 1.165) is 0 Å². The molecule has 76 valence electrons. The first kappa shape index (κ1) is 9.30. The fourth-order valence-corrected chi connectivity index (χ4v) is 1.93. The summed E-state index contributed by atoms with van der Waals surface area (Å²) in [5.74, 6) is -2.64. The lowest BCUT2D eigenvalue weighted by atomic mass is 10.1. The van der Waals surface area contributed by atoms with Crippen LogP contribution in [0.4, 0.5) is 8.78 Å². The van der Waals surface area contributed by atoms with E-state index in [0.29, 0.717) is 13.2 Å². The van der Waals surface area contributed by atoms with Gasteiger partial charge >= 0.3 is 0 Å². The van der Waals surface area contributed by atoms with Gasteiger partial charge in [0.15, 0.2) is 0 Å². The quantitative estimate of drug-likeness (QED) is 0.674. The molecule has 0 aromatic heterocycles. The molecule has 13 heavy (non-hydrogen) atoms. The molecule has 2 rings (SSSR count). The number of rotatable bonds is 2. The second-order valence-electron chi connectivity index (χ2n) is 3.76. The van der Waals surface area contributed by atoms with Gasteiger partial charge in [0.25, 0.3) is 5.92 Å². The molecule has 0 saturated carbocycles. The molecule has 0 unspecified atom stereocenters. The first-order valence-corrected chi connectivity index (χ1v) is 4.44. The molecule has 0 aliphatic carbocycles. The molecule has 3 nitrogen and oxygen atoms in total. The number of likely N-dealkylation sites (tertiary alicyclic amines) is 1. The van der Waals surface area contributed by atoms with Crippen molar-refractivity contribution >= 4 is 0 Å². The fraction of sp³-hybridized carbons (Fsp3) is 1.00. The number of hydrogen-bond donors (Lipinski definition) is 1. The van der Waals surface area contributed by atoms with Crippen LogP contribution in [0.1, 0.15) is 6.42 Å². The minimum absolute atomic E-state index is 0.0884.